The van der Waals surface area contributed by atoms with Crippen molar-refractivity contribution in [2.24, 2.45) is 5.92 Å². The highest BCUT2D eigenvalue weighted by atomic mass is 16.1. The van der Waals surface area contributed by atoms with Crippen molar-refractivity contribution in [3.63, 3.8) is 0 Å². The van der Waals surface area contributed by atoms with Crippen molar-refractivity contribution < 1.29 is 4.79 Å². The molecular formula is C12H18N2O. The zero-order valence-electron chi connectivity index (χ0n) is 9.66. The Bertz CT molecular complexity index is 379. The second-order valence-corrected chi connectivity index (χ2v) is 4.83. The summed E-state index contributed by atoms with van der Waals surface area (Å²) in [6.45, 7) is 7.53. The quantitative estimate of drug-likeness (QED) is 0.696. The Balaban J connectivity index is 2.49. The van der Waals surface area contributed by atoms with Gasteiger partial charge in [-0.2, -0.15) is 0 Å². The average molecular weight is 206 g/mol. The van der Waals surface area contributed by atoms with Crippen molar-refractivity contribution in [1.29, 1.82) is 0 Å². The predicted octanol–water partition coefficient (Wildman–Crippen LogP) is 2.40. The molecular weight excluding hydrogens is 188 g/mol. The number of aromatic nitrogens is 2. The first-order valence-corrected chi connectivity index (χ1v) is 5.68. The molecule has 3 heteroatoms. The summed E-state index contributed by atoms with van der Waals surface area (Å²) < 4.78 is 2.25. The lowest BCUT2D eigenvalue weighted by atomic mass is 9.99. The van der Waals surface area contributed by atoms with Gasteiger partial charge in [0.25, 0.3) is 0 Å². The molecule has 15 heavy (non-hydrogen) atoms. The van der Waals surface area contributed by atoms with Gasteiger partial charge in [0.1, 0.15) is 11.5 Å². The zero-order chi connectivity index (χ0) is 11.0. The maximum atomic E-state index is 10.9. The van der Waals surface area contributed by atoms with E-state index in [9.17, 15) is 4.79 Å². The molecule has 0 N–H and O–H groups in total. The summed E-state index contributed by atoms with van der Waals surface area (Å²) in [6, 6.07) is 0. The van der Waals surface area contributed by atoms with E-state index in [1.165, 1.54) is 6.42 Å². The van der Waals surface area contributed by atoms with E-state index < -0.39 is 0 Å². The molecule has 0 saturated carbocycles. The Hall–Kier alpha value is -1.12. The van der Waals surface area contributed by atoms with Gasteiger partial charge < -0.3 is 4.57 Å². The fourth-order valence-corrected chi connectivity index (χ4v) is 2.31. The number of nitrogens with zero attached hydrogens (tertiary/aromatic N) is 2. The van der Waals surface area contributed by atoms with Gasteiger partial charge in [0.15, 0.2) is 6.29 Å². The Kier molecular flexibility index (Phi) is 2.63. The third-order valence-corrected chi connectivity index (χ3v) is 3.13. The maximum Gasteiger partial charge on any atom is 0.170 e. The highest BCUT2D eigenvalue weighted by Crippen LogP contribution is 2.26. The molecule has 0 radical (unpaired) electrons. The number of hydrogen-bond acceptors (Lipinski definition) is 2. The van der Waals surface area contributed by atoms with Crippen LogP contribution in [0.5, 0.6) is 0 Å². The van der Waals surface area contributed by atoms with Gasteiger partial charge in [-0.25, -0.2) is 4.98 Å². The van der Waals surface area contributed by atoms with E-state index in [1.54, 1.807) is 0 Å². The smallest absolute Gasteiger partial charge is 0.170 e. The summed E-state index contributed by atoms with van der Waals surface area (Å²) in [4.78, 5) is 15.4. The first-order chi connectivity index (χ1) is 7.13. The van der Waals surface area contributed by atoms with E-state index in [1.807, 2.05) is 0 Å². The van der Waals surface area contributed by atoms with Crippen molar-refractivity contribution in [2.75, 3.05) is 0 Å². The van der Waals surface area contributed by atoms with Gasteiger partial charge >= 0.3 is 0 Å². The highest BCUT2D eigenvalue weighted by molar-refractivity contribution is 5.74. The summed E-state index contributed by atoms with van der Waals surface area (Å²) >= 11 is 0. The van der Waals surface area contributed by atoms with Crippen LogP contribution in [0.25, 0.3) is 0 Å². The first kappa shape index (κ1) is 10.4. The normalized spacial score (nSPS) is 20.4. The molecule has 1 aliphatic rings. The molecule has 0 aromatic carbocycles. The molecule has 1 unspecified atom stereocenters. The first-order valence-electron chi connectivity index (χ1n) is 5.68. The maximum absolute atomic E-state index is 10.9. The Labute approximate surface area is 90.5 Å². The van der Waals surface area contributed by atoms with Gasteiger partial charge in [0.2, 0.25) is 0 Å². The van der Waals surface area contributed by atoms with Gasteiger partial charge in [-0.05, 0) is 18.8 Å². The van der Waals surface area contributed by atoms with E-state index in [-0.39, 0.29) is 0 Å². The monoisotopic (exact) mass is 206 g/mol. The molecule has 3 nitrogen and oxygen atoms in total. The molecule has 1 aromatic heterocycles. The number of carbonyl (C=O) groups excluding carboxylic acids is 1. The van der Waals surface area contributed by atoms with Gasteiger partial charge in [0, 0.05) is 18.2 Å². The van der Waals surface area contributed by atoms with E-state index >= 15 is 0 Å². The van der Waals surface area contributed by atoms with E-state index in [4.69, 9.17) is 0 Å². The van der Waals surface area contributed by atoms with Crippen LogP contribution in [0.1, 0.15) is 55.1 Å². The minimum absolute atomic E-state index is 0.391. The van der Waals surface area contributed by atoms with Gasteiger partial charge in [0.05, 0.1) is 0 Å². The largest absolute Gasteiger partial charge is 0.331 e. The van der Waals surface area contributed by atoms with Crippen LogP contribution in [-0.4, -0.2) is 15.8 Å². The van der Waals surface area contributed by atoms with E-state index in [0.717, 1.165) is 30.8 Å². The molecule has 1 aliphatic heterocycles. The van der Waals surface area contributed by atoms with Crippen LogP contribution in [0.4, 0.5) is 0 Å². The van der Waals surface area contributed by atoms with Crippen LogP contribution in [0.2, 0.25) is 0 Å². The van der Waals surface area contributed by atoms with Crippen molar-refractivity contribution in [3.8, 4) is 0 Å². The molecule has 0 amide bonds. The molecule has 1 aromatic rings. The number of rotatable bonds is 2. The number of imidazole rings is 1. The molecule has 2 rings (SSSR count). The third kappa shape index (κ3) is 1.71. The van der Waals surface area contributed by atoms with Crippen LogP contribution >= 0.6 is 0 Å². The zero-order valence-corrected chi connectivity index (χ0v) is 9.66. The molecule has 0 fully saturated rings. The molecule has 2 heterocycles. The van der Waals surface area contributed by atoms with Gasteiger partial charge in [-0.3, -0.25) is 4.79 Å². The summed E-state index contributed by atoms with van der Waals surface area (Å²) in [5, 5.41) is 0. The lowest BCUT2D eigenvalue weighted by Gasteiger charge is -2.23. The Morgan fingerprint density at radius 3 is 2.87 bits per heavy atom. The SMILES string of the molecule is CC1CCc2c(C=O)nc(C(C)C)n2C1. The number of fused-ring (bicyclic) bond motifs is 1. The Morgan fingerprint density at radius 2 is 2.27 bits per heavy atom. The number of aldehydes is 1. The van der Waals surface area contributed by atoms with Crippen LogP contribution < -0.4 is 0 Å². The van der Waals surface area contributed by atoms with Crippen molar-refractivity contribution in [2.45, 2.75) is 46.1 Å². The molecule has 0 bridgehead atoms. The second-order valence-electron chi connectivity index (χ2n) is 4.83. The highest BCUT2D eigenvalue weighted by Gasteiger charge is 2.23. The molecule has 0 saturated heterocycles. The van der Waals surface area contributed by atoms with Crippen LogP contribution in [0.3, 0.4) is 0 Å². The minimum Gasteiger partial charge on any atom is -0.331 e. The van der Waals surface area contributed by atoms with Crippen LogP contribution in [-0.2, 0) is 13.0 Å². The van der Waals surface area contributed by atoms with Crippen LogP contribution in [0.15, 0.2) is 0 Å². The van der Waals surface area contributed by atoms with Crippen LogP contribution in [0, 0.1) is 5.92 Å². The standard InChI is InChI=1S/C12H18N2O/c1-8(2)12-13-10(7-15)11-5-4-9(3)6-14(11)12/h7-9H,4-6H2,1-3H3. The molecule has 82 valence electrons. The van der Waals surface area contributed by atoms with Crippen molar-refractivity contribution in [1.82, 2.24) is 9.55 Å². The summed E-state index contributed by atoms with van der Waals surface area (Å²) in [5.74, 6) is 2.16. The van der Waals surface area contributed by atoms with Gasteiger partial charge in [-0.1, -0.05) is 20.8 Å². The fraction of sp³-hybridized carbons (Fsp3) is 0.667. The third-order valence-electron chi connectivity index (χ3n) is 3.13. The Morgan fingerprint density at radius 1 is 1.53 bits per heavy atom. The summed E-state index contributed by atoms with van der Waals surface area (Å²) in [7, 11) is 0. The lowest BCUT2D eigenvalue weighted by molar-refractivity contribution is 0.111. The second kappa shape index (κ2) is 3.80. The summed E-state index contributed by atoms with van der Waals surface area (Å²) in [5.41, 5.74) is 1.80. The number of hydrogen-bond donors (Lipinski definition) is 0. The van der Waals surface area contributed by atoms with E-state index in [2.05, 4.69) is 30.3 Å². The van der Waals surface area contributed by atoms with Crippen molar-refractivity contribution in [3.05, 3.63) is 17.2 Å². The molecule has 0 spiro atoms. The average Bonchev–Trinajstić information content (AvgIpc) is 2.55. The topological polar surface area (TPSA) is 34.9 Å². The lowest BCUT2D eigenvalue weighted by Crippen LogP contribution is -2.20. The number of carbonyl (C=O) groups is 1. The van der Waals surface area contributed by atoms with Crippen molar-refractivity contribution >= 4 is 6.29 Å². The van der Waals surface area contributed by atoms with Gasteiger partial charge in [-0.15, -0.1) is 0 Å². The molecule has 0 aliphatic carbocycles. The summed E-state index contributed by atoms with van der Waals surface area (Å²) in [6.07, 6.45) is 3.06. The fourth-order valence-electron chi connectivity index (χ4n) is 2.31. The van der Waals surface area contributed by atoms with E-state index in [0.29, 0.717) is 17.5 Å². The molecule has 1 atom stereocenters. The predicted molar refractivity (Wildman–Crippen MR) is 59.2 cm³/mol. The minimum atomic E-state index is 0.391.